The fourth-order valence-electron chi connectivity index (χ4n) is 2.46. The molecule has 5 nitrogen and oxygen atoms in total. The van der Waals surface area contributed by atoms with Gasteiger partial charge in [-0.2, -0.15) is 9.57 Å². The van der Waals surface area contributed by atoms with Gasteiger partial charge in [0.15, 0.2) is 0 Å². The first-order valence-electron chi connectivity index (χ1n) is 7.18. The van der Waals surface area contributed by atoms with Gasteiger partial charge in [0, 0.05) is 19.5 Å². The first-order chi connectivity index (χ1) is 10.4. The average Bonchev–Trinajstić information content (AvgIpc) is 2.47. The minimum absolute atomic E-state index is 0.0383. The topological polar surface area (TPSA) is 70.4 Å². The van der Waals surface area contributed by atoms with Crippen molar-refractivity contribution in [2.24, 2.45) is 0 Å². The highest BCUT2D eigenvalue weighted by Crippen LogP contribution is 2.27. The Bertz CT molecular complexity index is 640. The van der Waals surface area contributed by atoms with Gasteiger partial charge in [0.1, 0.15) is 5.82 Å². The molecule has 2 rings (SSSR count). The lowest BCUT2D eigenvalue weighted by molar-refractivity contribution is -0.0557. The van der Waals surface area contributed by atoms with E-state index in [-0.39, 0.29) is 30.6 Å². The lowest BCUT2D eigenvalue weighted by Gasteiger charge is -2.36. The molecule has 1 heterocycles. The molecule has 1 aromatic carbocycles. The Morgan fingerprint density at radius 1 is 1.36 bits per heavy atom. The molecule has 1 aliphatic heterocycles. The summed E-state index contributed by atoms with van der Waals surface area (Å²) >= 11 is 0. The zero-order chi connectivity index (χ0) is 16.2. The van der Waals surface area contributed by atoms with Crippen molar-refractivity contribution in [3.05, 3.63) is 35.6 Å². The molecule has 0 radical (unpaired) electrons. The molecule has 0 bridgehead atoms. The molecule has 0 N–H and O–H groups in total. The first-order valence-corrected chi connectivity index (χ1v) is 8.79. The Labute approximate surface area is 130 Å². The van der Waals surface area contributed by atoms with Crippen molar-refractivity contribution in [1.29, 1.82) is 5.26 Å². The van der Waals surface area contributed by atoms with Crippen LogP contribution in [0.15, 0.2) is 24.3 Å². The normalized spacial score (nSPS) is 23.1. The number of morpholine rings is 1. The average molecular weight is 326 g/mol. The van der Waals surface area contributed by atoms with Crippen LogP contribution in [0.5, 0.6) is 0 Å². The molecule has 0 aromatic heterocycles. The number of hydrogen-bond acceptors (Lipinski definition) is 4. The largest absolute Gasteiger partial charge is 0.368 e. The number of sulfonamides is 1. The number of hydrogen-bond donors (Lipinski definition) is 0. The molecule has 2 unspecified atom stereocenters. The van der Waals surface area contributed by atoms with Gasteiger partial charge in [-0.1, -0.05) is 12.1 Å². The molecular formula is C15H19FN2O3S. The molecule has 2 atom stereocenters. The summed E-state index contributed by atoms with van der Waals surface area (Å²) in [6.45, 7) is 2.32. The molecule has 22 heavy (non-hydrogen) atoms. The molecule has 0 amide bonds. The molecule has 1 fully saturated rings. The second-order valence-corrected chi connectivity index (χ2v) is 7.47. The Morgan fingerprint density at radius 3 is 2.68 bits per heavy atom. The zero-order valence-corrected chi connectivity index (χ0v) is 13.2. The maximum atomic E-state index is 13.0. The fourth-order valence-corrected chi connectivity index (χ4v) is 4.03. The fraction of sp³-hybridized carbons (Fsp3) is 0.533. The van der Waals surface area contributed by atoms with Crippen LogP contribution >= 0.6 is 0 Å². The minimum atomic E-state index is -3.41. The zero-order valence-electron chi connectivity index (χ0n) is 12.4. The van der Waals surface area contributed by atoms with Gasteiger partial charge in [-0.05, 0) is 31.0 Å². The van der Waals surface area contributed by atoms with Crippen LogP contribution in [0, 0.1) is 17.1 Å². The summed E-state index contributed by atoms with van der Waals surface area (Å²) in [5.41, 5.74) is 0.755. The number of benzene rings is 1. The number of ether oxygens (including phenoxy) is 1. The van der Waals surface area contributed by atoms with E-state index in [4.69, 9.17) is 10.00 Å². The van der Waals surface area contributed by atoms with Crippen LogP contribution in [0.1, 0.15) is 31.4 Å². The number of nitrogens with zero attached hydrogens (tertiary/aromatic N) is 2. The van der Waals surface area contributed by atoms with E-state index in [9.17, 15) is 12.8 Å². The molecule has 1 aliphatic rings. The molecule has 1 saturated heterocycles. The summed E-state index contributed by atoms with van der Waals surface area (Å²) in [4.78, 5) is 0. The predicted molar refractivity (Wildman–Crippen MR) is 79.9 cm³/mol. The van der Waals surface area contributed by atoms with Crippen molar-refractivity contribution in [3.63, 3.8) is 0 Å². The van der Waals surface area contributed by atoms with Crippen molar-refractivity contribution >= 4 is 10.0 Å². The van der Waals surface area contributed by atoms with E-state index in [1.807, 2.05) is 13.0 Å². The second kappa shape index (κ2) is 7.18. The number of unbranched alkanes of at least 4 members (excludes halogenated alkanes) is 1. The Balaban J connectivity index is 2.10. The minimum Gasteiger partial charge on any atom is -0.368 e. The van der Waals surface area contributed by atoms with Gasteiger partial charge in [0.2, 0.25) is 10.0 Å². The van der Waals surface area contributed by atoms with Crippen molar-refractivity contribution in [3.8, 4) is 6.07 Å². The monoisotopic (exact) mass is 326 g/mol. The molecule has 0 aliphatic carbocycles. The molecule has 120 valence electrons. The maximum Gasteiger partial charge on any atom is 0.214 e. The van der Waals surface area contributed by atoms with E-state index >= 15 is 0 Å². The number of halogens is 1. The first kappa shape index (κ1) is 16.9. The molecule has 7 heteroatoms. The van der Waals surface area contributed by atoms with E-state index in [1.165, 1.54) is 16.4 Å². The summed E-state index contributed by atoms with van der Waals surface area (Å²) < 4.78 is 44.9. The Morgan fingerprint density at radius 2 is 2.05 bits per heavy atom. The van der Waals surface area contributed by atoms with Crippen LogP contribution in [0.3, 0.4) is 0 Å². The smallest absolute Gasteiger partial charge is 0.214 e. The SMILES string of the molecule is CC1CN(S(=O)(=O)CCCC#N)CC(c2ccc(F)cc2)O1. The van der Waals surface area contributed by atoms with E-state index in [1.54, 1.807) is 12.1 Å². The maximum absolute atomic E-state index is 13.0. The van der Waals surface area contributed by atoms with Crippen LogP contribution in [-0.2, 0) is 14.8 Å². The van der Waals surface area contributed by atoms with Crippen molar-refractivity contribution in [2.45, 2.75) is 32.0 Å². The van der Waals surface area contributed by atoms with Crippen LogP contribution < -0.4 is 0 Å². The summed E-state index contributed by atoms with van der Waals surface area (Å²) in [6, 6.07) is 7.84. The van der Waals surface area contributed by atoms with Crippen molar-refractivity contribution in [2.75, 3.05) is 18.8 Å². The van der Waals surface area contributed by atoms with Gasteiger partial charge in [-0.15, -0.1) is 0 Å². The quantitative estimate of drug-likeness (QED) is 0.778. The standard InChI is InChI=1S/C15H19FN2O3S/c1-12-10-18(22(19,20)9-3-2-8-17)11-15(21-12)13-4-6-14(16)7-5-13/h4-7,12,15H,2-3,9-11H2,1H3. The van der Waals surface area contributed by atoms with E-state index in [2.05, 4.69) is 0 Å². The summed E-state index contributed by atoms with van der Waals surface area (Å²) in [7, 11) is -3.41. The van der Waals surface area contributed by atoms with E-state index < -0.39 is 16.1 Å². The van der Waals surface area contributed by atoms with Gasteiger partial charge < -0.3 is 4.74 Å². The summed E-state index contributed by atoms with van der Waals surface area (Å²) in [5, 5.41) is 8.52. The van der Waals surface area contributed by atoms with Gasteiger partial charge >= 0.3 is 0 Å². The van der Waals surface area contributed by atoms with Gasteiger partial charge in [0.05, 0.1) is 24.0 Å². The van der Waals surface area contributed by atoms with Crippen molar-refractivity contribution < 1.29 is 17.5 Å². The third-order valence-corrected chi connectivity index (χ3v) is 5.44. The summed E-state index contributed by atoms with van der Waals surface area (Å²) in [5.74, 6) is -0.378. The third kappa shape index (κ3) is 4.26. The number of rotatable bonds is 5. The third-order valence-electron chi connectivity index (χ3n) is 3.55. The lowest BCUT2D eigenvalue weighted by atomic mass is 10.1. The van der Waals surface area contributed by atoms with Crippen LogP contribution in [0.25, 0.3) is 0 Å². The molecule has 0 spiro atoms. The highest BCUT2D eigenvalue weighted by molar-refractivity contribution is 7.89. The van der Waals surface area contributed by atoms with Gasteiger partial charge in [-0.25, -0.2) is 12.8 Å². The summed E-state index contributed by atoms with van der Waals surface area (Å²) in [6.07, 6.45) is -0.101. The highest BCUT2D eigenvalue weighted by atomic mass is 32.2. The Kier molecular flexibility index (Phi) is 5.51. The van der Waals surface area contributed by atoms with Crippen LogP contribution in [0.4, 0.5) is 4.39 Å². The van der Waals surface area contributed by atoms with Gasteiger partial charge in [-0.3, -0.25) is 0 Å². The second-order valence-electron chi connectivity index (χ2n) is 5.38. The van der Waals surface area contributed by atoms with Gasteiger partial charge in [0.25, 0.3) is 0 Å². The number of nitriles is 1. The van der Waals surface area contributed by atoms with Crippen LogP contribution in [-0.4, -0.2) is 37.7 Å². The van der Waals surface area contributed by atoms with E-state index in [0.717, 1.165) is 5.56 Å². The molecule has 1 aromatic rings. The van der Waals surface area contributed by atoms with Crippen LogP contribution in [0.2, 0.25) is 0 Å². The van der Waals surface area contributed by atoms with Crippen molar-refractivity contribution in [1.82, 2.24) is 4.31 Å². The lowest BCUT2D eigenvalue weighted by Crippen LogP contribution is -2.46. The molecular weight excluding hydrogens is 307 g/mol. The predicted octanol–water partition coefficient (Wildman–Crippen LogP) is 2.22. The van der Waals surface area contributed by atoms with E-state index in [0.29, 0.717) is 13.0 Å². The molecule has 0 saturated carbocycles. The Hall–Kier alpha value is -1.49. The highest BCUT2D eigenvalue weighted by Gasteiger charge is 2.33.